The van der Waals surface area contributed by atoms with Crippen LogP contribution >= 0.6 is 0 Å². The molecule has 0 radical (unpaired) electrons. The van der Waals surface area contributed by atoms with Crippen LogP contribution in [0.25, 0.3) is 11.1 Å². The lowest BCUT2D eigenvalue weighted by Gasteiger charge is -2.16. The third-order valence-electron chi connectivity index (χ3n) is 5.87. The van der Waals surface area contributed by atoms with Gasteiger partial charge in [0.1, 0.15) is 0 Å². The Hall–Kier alpha value is -2.51. The van der Waals surface area contributed by atoms with Gasteiger partial charge >= 0.3 is 0 Å². The van der Waals surface area contributed by atoms with Crippen LogP contribution in [0.5, 0.6) is 0 Å². The molecule has 2 aromatic heterocycles. The number of aryl methyl sites for hydroxylation is 1. The molecular formula is C21H22N4O2S. The molecule has 6 nitrogen and oxygen atoms in total. The lowest BCUT2D eigenvalue weighted by molar-refractivity contribution is 0.325. The SMILES string of the molecule is CCn1cc(CN2C[C@H]3c4cc(-c5cccnc5)ccc4S(=O)(=O)[C@H]3C2)cn1. The van der Waals surface area contributed by atoms with Gasteiger partial charge in [0.25, 0.3) is 0 Å². The van der Waals surface area contributed by atoms with Gasteiger partial charge in [-0.1, -0.05) is 12.1 Å². The minimum Gasteiger partial charge on any atom is -0.297 e. The highest BCUT2D eigenvalue weighted by Gasteiger charge is 2.50. The highest BCUT2D eigenvalue weighted by atomic mass is 32.2. The molecule has 3 aromatic rings. The highest BCUT2D eigenvalue weighted by Crippen LogP contribution is 2.46. The first-order valence-electron chi connectivity index (χ1n) is 9.58. The molecule has 4 heterocycles. The fraction of sp³-hybridized carbons (Fsp3) is 0.333. The molecule has 0 saturated carbocycles. The fourth-order valence-electron chi connectivity index (χ4n) is 4.49. The predicted octanol–water partition coefficient (Wildman–Crippen LogP) is 2.72. The predicted molar refractivity (Wildman–Crippen MR) is 107 cm³/mol. The standard InChI is InChI=1S/C21H22N4O2S/c1-2-25-12-15(9-23-25)11-24-13-19-18-8-16(17-4-3-7-22-10-17)5-6-20(18)28(26,27)21(19)14-24/h3-10,12,19,21H,2,11,13-14H2,1H3/t19-,21-/m0/s1. The van der Waals surface area contributed by atoms with Crippen molar-refractivity contribution in [3.63, 3.8) is 0 Å². The van der Waals surface area contributed by atoms with Crippen LogP contribution in [0.4, 0.5) is 0 Å². The summed E-state index contributed by atoms with van der Waals surface area (Å²) in [5, 5.41) is 3.97. The van der Waals surface area contributed by atoms with Crippen molar-refractivity contribution >= 4 is 9.84 Å². The summed E-state index contributed by atoms with van der Waals surface area (Å²) >= 11 is 0. The number of fused-ring (bicyclic) bond motifs is 3. The van der Waals surface area contributed by atoms with Crippen molar-refractivity contribution in [2.45, 2.75) is 36.1 Å². The number of benzene rings is 1. The summed E-state index contributed by atoms with van der Waals surface area (Å²) in [6.45, 7) is 4.95. The third-order valence-corrected chi connectivity index (χ3v) is 8.13. The summed E-state index contributed by atoms with van der Waals surface area (Å²) in [5.41, 5.74) is 4.11. The zero-order chi connectivity index (χ0) is 19.3. The smallest absolute Gasteiger partial charge is 0.183 e. The molecule has 28 heavy (non-hydrogen) atoms. The number of hydrogen-bond acceptors (Lipinski definition) is 5. The van der Waals surface area contributed by atoms with Gasteiger partial charge in [-0.05, 0) is 41.8 Å². The van der Waals surface area contributed by atoms with E-state index in [4.69, 9.17) is 0 Å². The van der Waals surface area contributed by atoms with E-state index in [0.717, 1.165) is 41.9 Å². The molecule has 0 aliphatic carbocycles. The van der Waals surface area contributed by atoms with E-state index < -0.39 is 9.84 Å². The molecule has 2 aliphatic rings. The van der Waals surface area contributed by atoms with Gasteiger partial charge in [-0.25, -0.2) is 8.42 Å². The van der Waals surface area contributed by atoms with Gasteiger partial charge in [0.2, 0.25) is 0 Å². The van der Waals surface area contributed by atoms with Crippen molar-refractivity contribution in [1.29, 1.82) is 0 Å². The van der Waals surface area contributed by atoms with Crippen LogP contribution in [0.2, 0.25) is 0 Å². The Morgan fingerprint density at radius 3 is 2.79 bits per heavy atom. The largest absolute Gasteiger partial charge is 0.297 e. The van der Waals surface area contributed by atoms with Crippen molar-refractivity contribution in [1.82, 2.24) is 19.7 Å². The van der Waals surface area contributed by atoms with Crippen LogP contribution in [0.3, 0.4) is 0 Å². The van der Waals surface area contributed by atoms with Gasteiger partial charge in [0.15, 0.2) is 9.84 Å². The van der Waals surface area contributed by atoms with Crippen molar-refractivity contribution in [3.8, 4) is 11.1 Å². The summed E-state index contributed by atoms with van der Waals surface area (Å²) in [7, 11) is -3.28. The van der Waals surface area contributed by atoms with Crippen molar-refractivity contribution in [3.05, 3.63) is 66.2 Å². The first-order valence-corrected chi connectivity index (χ1v) is 11.1. The number of aromatic nitrogens is 3. The number of sulfone groups is 1. The van der Waals surface area contributed by atoms with Crippen LogP contribution in [-0.4, -0.2) is 46.4 Å². The average molecular weight is 395 g/mol. The van der Waals surface area contributed by atoms with Gasteiger partial charge in [0.05, 0.1) is 16.3 Å². The molecule has 0 N–H and O–H groups in total. The first kappa shape index (κ1) is 17.6. The van der Waals surface area contributed by atoms with Gasteiger partial charge in [-0.3, -0.25) is 14.6 Å². The van der Waals surface area contributed by atoms with Crippen LogP contribution < -0.4 is 0 Å². The molecule has 0 bridgehead atoms. The molecule has 2 atom stereocenters. The zero-order valence-electron chi connectivity index (χ0n) is 15.7. The molecule has 1 fully saturated rings. The molecule has 5 rings (SSSR count). The van der Waals surface area contributed by atoms with E-state index in [1.54, 1.807) is 12.3 Å². The molecular weight excluding hydrogens is 372 g/mol. The Labute approximate surface area is 164 Å². The lowest BCUT2D eigenvalue weighted by Crippen LogP contribution is -2.25. The Balaban J connectivity index is 1.45. The number of hydrogen-bond donors (Lipinski definition) is 0. The van der Waals surface area contributed by atoms with Crippen LogP contribution in [-0.2, 0) is 22.9 Å². The Morgan fingerprint density at radius 2 is 2.04 bits per heavy atom. The molecule has 144 valence electrons. The summed E-state index contributed by atoms with van der Waals surface area (Å²) in [4.78, 5) is 6.93. The topological polar surface area (TPSA) is 68.1 Å². The summed E-state index contributed by atoms with van der Waals surface area (Å²) in [6.07, 6.45) is 7.47. The maximum Gasteiger partial charge on any atom is 0.183 e. The average Bonchev–Trinajstić information content (AvgIpc) is 3.39. The third kappa shape index (κ3) is 2.77. The van der Waals surface area contributed by atoms with Crippen LogP contribution in [0, 0.1) is 0 Å². The van der Waals surface area contributed by atoms with E-state index in [2.05, 4.69) is 21.9 Å². The normalized spacial score (nSPS) is 22.9. The molecule has 0 spiro atoms. The summed E-state index contributed by atoms with van der Waals surface area (Å²) < 4.78 is 28.1. The van der Waals surface area contributed by atoms with E-state index in [1.165, 1.54) is 0 Å². The van der Waals surface area contributed by atoms with Gasteiger partial charge in [-0.2, -0.15) is 5.10 Å². The Kier molecular flexibility index (Phi) is 4.10. The van der Waals surface area contributed by atoms with Crippen molar-refractivity contribution < 1.29 is 8.42 Å². The minimum absolute atomic E-state index is 0.0258. The first-order chi connectivity index (χ1) is 13.6. The van der Waals surface area contributed by atoms with Crippen LogP contribution in [0.15, 0.2) is 60.0 Å². The van der Waals surface area contributed by atoms with Gasteiger partial charge in [0, 0.05) is 56.3 Å². The second kappa shape index (κ2) is 6.53. The van der Waals surface area contributed by atoms with E-state index >= 15 is 0 Å². The summed E-state index contributed by atoms with van der Waals surface area (Å²) in [5.74, 6) is 0.0258. The molecule has 0 amide bonds. The molecule has 0 unspecified atom stereocenters. The van der Waals surface area contributed by atoms with Crippen LogP contribution in [0.1, 0.15) is 24.0 Å². The lowest BCUT2D eigenvalue weighted by atomic mass is 9.95. The fourth-order valence-corrected chi connectivity index (χ4v) is 6.68. The van der Waals surface area contributed by atoms with E-state index in [9.17, 15) is 8.42 Å². The molecule has 1 saturated heterocycles. The van der Waals surface area contributed by atoms with Gasteiger partial charge < -0.3 is 0 Å². The Bertz CT molecular complexity index is 1120. The monoisotopic (exact) mass is 394 g/mol. The molecule has 1 aromatic carbocycles. The Morgan fingerprint density at radius 1 is 1.14 bits per heavy atom. The zero-order valence-corrected chi connectivity index (χ0v) is 16.5. The molecule has 7 heteroatoms. The maximum atomic E-state index is 13.1. The summed E-state index contributed by atoms with van der Waals surface area (Å²) in [6, 6.07) is 9.62. The highest BCUT2D eigenvalue weighted by molar-refractivity contribution is 7.92. The molecule has 2 aliphatic heterocycles. The second-order valence-corrected chi connectivity index (χ2v) is 9.72. The maximum absolute atomic E-state index is 13.1. The van der Waals surface area contributed by atoms with E-state index in [-0.39, 0.29) is 11.2 Å². The number of pyridine rings is 1. The minimum atomic E-state index is -3.28. The van der Waals surface area contributed by atoms with E-state index in [0.29, 0.717) is 11.4 Å². The quantitative estimate of drug-likeness (QED) is 0.681. The number of likely N-dealkylation sites (tertiary alicyclic amines) is 1. The van der Waals surface area contributed by atoms with Gasteiger partial charge in [-0.15, -0.1) is 0 Å². The van der Waals surface area contributed by atoms with Crippen molar-refractivity contribution in [2.24, 2.45) is 0 Å². The van der Waals surface area contributed by atoms with E-state index in [1.807, 2.05) is 47.5 Å². The van der Waals surface area contributed by atoms with Crippen molar-refractivity contribution in [2.75, 3.05) is 13.1 Å². The number of rotatable bonds is 4. The second-order valence-electron chi connectivity index (χ2n) is 7.58. The number of nitrogens with zero attached hydrogens (tertiary/aromatic N) is 4.